The van der Waals surface area contributed by atoms with Crippen LogP contribution in [0.5, 0.6) is 0 Å². The van der Waals surface area contributed by atoms with Gasteiger partial charge in [0.15, 0.2) is 15.7 Å². The van der Waals surface area contributed by atoms with Crippen molar-refractivity contribution in [3.05, 3.63) is 6.20 Å². The second kappa shape index (κ2) is 7.02. The summed E-state index contributed by atoms with van der Waals surface area (Å²) in [6.45, 7) is 6.09. The molecule has 0 radical (unpaired) electrons. The zero-order valence-corrected chi connectivity index (χ0v) is 13.4. The van der Waals surface area contributed by atoms with E-state index in [4.69, 9.17) is 0 Å². The molecule has 1 unspecified atom stereocenters. The molecule has 0 bridgehead atoms. The summed E-state index contributed by atoms with van der Waals surface area (Å²) in [4.78, 5) is 6.64. The predicted octanol–water partition coefficient (Wildman–Crippen LogP) is 1.10. The van der Waals surface area contributed by atoms with E-state index in [2.05, 4.69) is 39.2 Å². The first-order valence-corrected chi connectivity index (χ1v) is 9.28. The SMILES string of the molecule is CCCN(CCC)c1cnnc(NC2CCS(=O)(=O)C2)n1. The maximum atomic E-state index is 11.5. The number of aromatic nitrogens is 3. The van der Waals surface area contributed by atoms with Crippen molar-refractivity contribution < 1.29 is 8.42 Å². The molecule has 8 heteroatoms. The molecule has 21 heavy (non-hydrogen) atoms. The van der Waals surface area contributed by atoms with Crippen LogP contribution >= 0.6 is 0 Å². The van der Waals surface area contributed by atoms with Crippen molar-refractivity contribution in [2.45, 2.75) is 39.2 Å². The van der Waals surface area contributed by atoms with Crippen molar-refractivity contribution in [1.29, 1.82) is 0 Å². The van der Waals surface area contributed by atoms with Gasteiger partial charge in [0.1, 0.15) is 0 Å². The third-order valence-electron chi connectivity index (χ3n) is 3.42. The Labute approximate surface area is 126 Å². The van der Waals surface area contributed by atoms with Gasteiger partial charge in [-0.15, -0.1) is 5.10 Å². The zero-order chi connectivity index (χ0) is 15.3. The van der Waals surface area contributed by atoms with Gasteiger partial charge in [-0.2, -0.15) is 10.1 Å². The molecule has 1 aromatic rings. The molecule has 1 aliphatic rings. The second-order valence-electron chi connectivity index (χ2n) is 5.37. The summed E-state index contributed by atoms with van der Waals surface area (Å²) in [7, 11) is -2.91. The topological polar surface area (TPSA) is 88.1 Å². The zero-order valence-electron chi connectivity index (χ0n) is 12.6. The smallest absolute Gasteiger partial charge is 0.244 e. The highest BCUT2D eigenvalue weighted by molar-refractivity contribution is 7.91. The molecule has 118 valence electrons. The summed E-state index contributed by atoms with van der Waals surface area (Å²) in [5, 5.41) is 11.0. The lowest BCUT2D eigenvalue weighted by Gasteiger charge is -2.22. The molecule has 2 heterocycles. The number of hydrogen-bond acceptors (Lipinski definition) is 7. The first-order chi connectivity index (χ1) is 10.0. The Kier molecular flexibility index (Phi) is 5.33. The van der Waals surface area contributed by atoms with Crippen molar-refractivity contribution in [2.75, 3.05) is 34.8 Å². The van der Waals surface area contributed by atoms with Gasteiger partial charge in [-0.05, 0) is 19.3 Å². The lowest BCUT2D eigenvalue weighted by molar-refractivity contribution is 0.602. The van der Waals surface area contributed by atoms with E-state index in [-0.39, 0.29) is 17.5 Å². The molecule has 1 saturated heterocycles. The van der Waals surface area contributed by atoms with E-state index >= 15 is 0 Å². The van der Waals surface area contributed by atoms with E-state index in [0.29, 0.717) is 12.4 Å². The van der Waals surface area contributed by atoms with Crippen molar-refractivity contribution in [3.8, 4) is 0 Å². The van der Waals surface area contributed by atoms with Crippen molar-refractivity contribution in [1.82, 2.24) is 15.2 Å². The Hall–Kier alpha value is -1.44. The molecule has 1 N–H and O–H groups in total. The number of nitrogens with one attached hydrogen (secondary N) is 1. The number of hydrogen-bond donors (Lipinski definition) is 1. The van der Waals surface area contributed by atoms with Crippen LogP contribution in [-0.2, 0) is 9.84 Å². The number of anilines is 2. The normalized spacial score (nSPS) is 20.4. The van der Waals surface area contributed by atoms with Gasteiger partial charge < -0.3 is 10.2 Å². The Morgan fingerprint density at radius 1 is 1.33 bits per heavy atom. The summed E-state index contributed by atoms with van der Waals surface area (Å²) in [6, 6.07) is -0.113. The summed E-state index contributed by atoms with van der Waals surface area (Å²) in [5.41, 5.74) is 0. The van der Waals surface area contributed by atoms with Gasteiger partial charge in [0, 0.05) is 19.1 Å². The van der Waals surface area contributed by atoms with Crippen LogP contribution in [0, 0.1) is 0 Å². The van der Waals surface area contributed by atoms with Crippen LogP contribution in [-0.4, -0.2) is 54.2 Å². The Bertz CT molecular complexity index is 557. The molecule has 1 aromatic heterocycles. The summed E-state index contributed by atoms with van der Waals surface area (Å²) >= 11 is 0. The molecule has 1 fully saturated rings. The van der Waals surface area contributed by atoms with Gasteiger partial charge >= 0.3 is 0 Å². The predicted molar refractivity (Wildman–Crippen MR) is 83.3 cm³/mol. The van der Waals surface area contributed by atoms with Crippen LogP contribution in [0.4, 0.5) is 11.8 Å². The second-order valence-corrected chi connectivity index (χ2v) is 7.60. The lowest BCUT2D eigenvalue weighted by atomic mass is 10.3. The van der Waals surface area contributed by atoms with Gasteiger partial charge in [0.25, 0.3) is 0 Å². The summed E-state index contributed by atoms with van der Waals surface area (Å²) < 4.78 is 22.9. The van der Waals surface area contributed by atoms with E-state index in [9.17, 15) is 8.42 Å². The number of sulfone groups is 1. The number of rotatable bonds is 7. The summed E-state index contributed by atoms with van der Waals surface area (Å²) in [5.74, 6) is 1.58. The monoisotopic (exact) mass is 313 g/mol. The van der Waals surface area contributed by atoms with Gasteiger partial charge in [-0.25, -0.2) is 8.42 Å². The molecule has 0 aliphatic carbocycles. The first-order valence-electron chi connectivity index (χ1n) is 7.45. The fourth-order valence-corrected chi connectivity index (χ4v) is 4.15. The van der Waals surface area contributed by atoms with Crippen LogP contribution < -0.4 is 10.2 Å². The number of nitrogens with zero attached hydrogens (tertiary/aromatic N) is 4. The Morgan fingerprint density at radius 2 is 2.05 bits per heavy atom. The van der Waals surface area contributed by atoms with E-state index in [1.165, 1.54) is 0 Å². The minimum atomic E-state index is -2.91. The molecule has 7 nitrogen and oxygen atoms in total. The van der Waals surface area contributed by atoms with Crippen LogP contribution in [0.15, 0.2) is 6.20 Å². The quantitative estimate of drug-likeness (QED) is 0.806. The standard InChI is InChI=1S/C13H23N5O2S/c1-3-6-18(7-4-2)12-9-14-17-13(16-12)15-11-5-8-21(19,20)10-11/h9,11H,3-8,10H2,1-2H3,(H,15,16,17). The van der Waals surface area contributed by atoms with Crippen molar-refractivity contribution >= 4 is 21.6 Å². The van der Waals surface area contributed by atoms with Gasteiger partial charge in [-0.1, -0.05) is 13.8 Å². The molecule has 0 saturated carbocycles. The minimum absolute atomic E-state index is 0.113. The first kappa shape index (κ1) is 15.9. The van der Waals surface area contributed by atoms with Crippen LogP contribution in [0.1, 0.15) is 33.1 Å². The highest BCUT2D eigenvalue weighted by atomic mass is 32.2. The van der Waals surface area contributed by atoms with E-state index in [1.807, 2.05) is 0 Å². The minimum Gasteiger partial charge on any atom is -0.355 e. The van der Waals surface area contributed by atoms with Gasteiger partial charge in [0.2, 0.25) is 5.95 Å². The summed E-state index contributed by atoms with van der Waals surface area (Å²) in [6.07, 6.45) is 4.33. The van der Waals surface area contributed by atoms with Crippen molar-refractivity contribution in [3.63, 3.8) is 0 Å². The average molecular weight is 313 g/mol. The fourth-order valence-electron chi connectivity index (χ4n) is 2.48. The fraction of sp³-hybridized carbons (Fsp3) is 0.769. The largest absolute Gasteiger partial charge is 0.355 e. The van der Waals surface area contributed by atoms with Gasteiger partial charge in [0.05, 0.1) is 17.7 Å². The van der Waals surface area contributed by atoms with Crippen LogP contribution in [0.2, 0.25) is 0 Å². The molecule has 0 aromatic carbocycles. The van der Waals surface area contributed by atoms with E-state index in [1.54, 1.807) is 6.20 Å². The maximum Gasteiger partial charge on any atom is 0.244 e. The highest BCUT2D eigenvalue weighted by Crippen LogP contribution is 2.17. The van der Waals surface area contributed by atoms with E-state index in [0.717, 1.165) is 31.7 Å². The molecular formula is C13H23N5O2S. The molecule has 2 rings (SSSR count). The Balaban J connectivity index is 2.06. The third kappa shape index (κ3) is 4.52. The van der Waals surface area contributed by atoms with Crippen molar-refractivity contribution in [2.24, 2.45) is 0 Å². The molecule has 0 spiro atoms. The maximum absolute atomic E-state index is 11.5. The highest BCUT2D eigenvalue weighted by Gasteiger charge is 2.28. The Morgan fingerprint density at radius 3 is 2.62 bits per heavy atom. The lowest BCUT2D eigenvalue weighted by Crippen LogP contribution is -2.27. The molecule has 1 atom stereocenters. The molecule has 0 amide bonds. The molecular weight excluding hydrogens is 290 g/mol. The average Bonchev–Trinajstić information content (AvgIpc) is 2.78. The van der Waals surface area contributed by atoms with Crippen LogP contribution in [0.25, 0.3) is 0 Å². The molecule has 1 aliphatic heterocycles. The van der Waals surface area contributed by atoms with E-state index < -0.39 is 9.84 Å². The van der Waals surface area contributed by atoms with Gasteiger partial charge in [-0.3, -0.25) is 0 Å². The third-order valence-corrected chi connectivity index (χ3v) is 5.19. The van der Waals surface area contributed by atoms with Crippen LogP contribution in [0.3, 0.4) is 0 Å².